The number of amides is 1. The summed E-state index contributed by atoms with van der Waals surface area (Å²) >= 11 is 0. The van der Waals surface area contributed by atoms with Gasteiger partial charge in [-0.25, -0.2) is 0 Å². The van der Waals surface area contributed by atoms with Crippen molar-refractivity contribution in [3.8, 4) is 0 Å². The van der Waals surface area contributed by atoms with Crippen LogP contribution in [0.25, 0.3) is 0 Å². The number of hydrogen-bond donors (Lipinski definition) is 2. The topological polar surface area (TPSA) is 71.4 Å². The van der Waals surface area contributed by atoms with Gasteiger partial charge >= 0.3 is 0 Å². The molecule has 0 aromatic carbocycles. The fourth-order valence-electron chi connectivity index (χ4n) is 4.39. The molecule has 1 amide bonds. The van der Waals surface area contributed by atoms with Crippen LogP contribution in [0.2, 0.25) is 0 Å². The van der Waals surface area contributed by atoms with E-state index in [2.05, 4.69) is 22.0 Å². The van der Waals surface area contributed by atoms with Crippen LogP contribution in [0.3, 0.4) is 0 Å². The quantitative estimate of drug-likeness (QED) is 0.548. The minimum atomic E-state index is -0.608. The summed E-state index contributed by atoms with van der Waals surface area (Å²) in [5.74, 6) is 1.19. The minimum absolute atomic E-state index is 0.284. The van der Waals surface area contributed by atoms with Crippen LogP contribution in [0.5, 0.6) is 0 Å². The fraction of sp³-hybridized carbons (Fsp3) is 0.900. The Hall–Kier alpha value is -1.34. The molecular formula is C20H37N5O2. The molecule has 3 fully saturated rings. The van der Waals surface area contributed by atoms with Crippen molar-refractivity contribution < 1.29 is 9.90 Å². The van der Waals surface area contributed by atoms with Crippen LogP contribution >= 0.6 is 0 Å². The van der Waals surface area contributed by atoms with Gasteiger partial charge in [0.15, 0.2) is 5.96 Å². The molecule has 3 aliphatic rings. The van der Waals surface area contributed by atoms with E-state index in [0.717, 1.165) is 90.3 Å². The Labute approximate surface area is 163 Å². The van der Waals surface area contributed by atoms with Crippen molar-refractivity contribution in [2.75, 3.05) is 58.9 Å². The predicted octanol–water partition coefficient (Wildman–Crippen LogP) is 0.887. The van der Waals surface area contributed by atoms with E-state index < -0.39 is 5.60 Å². The van der Waals surface area contributed by atoms with E-state index in [1.807, 2.05) is 4.90 Å². The summed E-state index contributed by atoms with van der Waals surface area (Å²) in [6, 6.07) is 0. The molecule has 7 heteroatoms. The summed E-state index contributed by atoms with van der Waals surface area (Å²) < 4.78 is 0. The molecule has 2 heterocycles. The second kappa shape index (κ2) is 9.73. The van der Waals surface area contributed by atoms with Crippen molar-refractivity contribution in [1.82, 2.24) is 20.0 Å². The normalized spacial score (nSPS) is 24.3. The molecule has 2 N–H and O–H groups in total. The highest BCUT2D eigenvalue weighted by Gasteiger charge is 2.31. The first-order valence-corrected chi connectivity index (χ1v) is 10.9. The average molecular weight is 380 g/mol. The maximum Gasteiger partial charge on any atom is 0.236 e. The van der Waals surface area contributed by atoms with Gasteiger partial charge < -0.3 is 20.2 Å². The van der Waals surface area contributed by atoms with Crippen molar-refractivity contribution in [2.45, 2.75) is 57.5 Å². The van der Waals surface area contributed by atoms with Gasteiger partial charge in [-0.15, -0.1) is 0 Å². The Morgan fingerprint density at radius 3 is 2.26 bits per heavy atom. The Morgan fingerprint density at radius 1 is 0.963 bits per heavy atom. The highest BCUT2D eigenvalue weighted by Crippen LogP contribution is 2.29. The first kappa shape index (κ1) is 20.4. The summed E-state index contributed by atoms with van der Waals surface area (Å²) in [6.07, 6.45) is 7.48. The third-order valence-electron chi connectivity index (χ3n) is 6.13. The zero-order valence-electron chi connectivity index (χ0n) is 17.0. The molecular weight excluding hydrogens is 342 g/mol. The molecule has 0 aromatic heterocycles. The summed E-state index contributed by atoms with van der Waals surface area (Å²) in [6.45, 7) is 9.30. The van der Waals surface area contributed by atoms with Crippen LogP contribution in [-0.4, -0.2) is 96.2 Å². The summed E-state index contributed by atoms with van der Waals surface area (Å²) in [7, 11) is 0. The van der Waals surface area contributed by atoms with Gasteiger partial charge in [-0.2, -0.15) is 0 Å². The molecule has 7 nitrogen and oxygen atoms in total. The van der Waals surface area contributed by atoms with E-state index >= 15 is 0 Å². The maximum absolute atomic E-state index is 12.5. The molecule has 0 aromatic rings. The number of nitrogens with one attached hydrogen (secondary N) is 1. The first-order valence-electron chi connectivity index (χ1n) is 10.9. The van der Waals surface area contributed by atoms with Crippen molar-refractivity contribution in [1.29, 1.82) is 0 Å². The monoisotopic (exact) mass is 379 g/mol. The molecule has 0 bridgehead atoms. The maximum atomic E-state index is 12.5. The van der Waals surface area contributed by atoms with E-state index in [-0.39, 0.29) is 5.91 Å². The largest absolute Gasteiger partial charge is 0.388 e. The van der Waals surface area contributed by atoms with E-state index in [1.165, 1.54) is 6.42 Å². The molecule has 1 aliphatic carbocycles. The molecule has 27 heavy (non-hydrogen) atoms. The van der Waals surface area contributed by atoms with Gasteiger partial charge in [0.05, 0.1) is 18.7 Å². The van der Waals surface area contributed by atoms with Crippen LogP contribution in [0.15, 0.2) is 4.99 Å². The number of nitrogens with zero attached hydrogens (tertiary/aromatic N) is 4. The van der Waals surface area contributed by atoms with E-state index in [0.29, 0.717) is 13.1 Å². The predicted molar refractivity (Wildman–Crippen MR) is 108 cm³/mol. The Balaban J connectivity index is 1.47. The number of piperazine rings is 1. The lowest BCUT2D eigenvalue weighted by Crippen LogP contribution is -2.54. The van der Waals surface area contributed by atoms with Gasteiger partial charge in [-0.1, -0.05) is 12.8 Å². The number of aliphatic imine (C=N–C) groups is 1. The van der Waals surface area contributed by atoms with Crippen LogP contribution in [0.1, 0.15) is 51.9 Å². The third kappa shape index (κ3) is 5.82. The minimum Gasteiger partial charge on any atom is -0.388 e. The van der Waals surface area contributed by atoms with E-state index in [1.54, 1.807) is 0 Å². The lowest BCUT2D eigenvalue weighted by atomic mass is 10.0. The van der Waals surface area contributed by atoms with Gasteiger partial charge in [0.1, 0.15) is 0 Å². The number of hydrogen-bond acceptors (Lipinski definition) is 4. The number of carbonyl (C=O) groups is 1. The molecule has 2 aliphatic heterocycles. The summed E-state index contributed by atoms with van der Waals surface area (Å²) in [5, 5.41) is 13.9. The molecule has 0 unspecified atom stereocenters. The van der Waals surface area contributed by atoms with Gasteiger partial charge in [-0.3, -0.25) is 14.7 Å². The second-order valence-corrected chi connectivity index (χ2v) is 8.31. The molecule has 0 spiro atoms. The Kier molecular flexibility index (Phi) is 7.35. The summed E-state index contributed by atoms with van der Waals surface area (Å²) in [5.41, 5.74) is -0.608. The molecule has 3 rings (SSSR count). The SMILES string of the molecule is CCNC(=NCC1(O)CCCC1)N1CCN(CC(=O)N2CCCCC2)CC1. The van der Waals surface area contributed by atoms with Gasteiger partial charge in [0.25, 0.3) is 0 Å². The van der Waals surface area contributed by atoms with Gasteiger partial charge in [-0.05, 0) is 39.0 Å². The highest BCUT2D eigenvalue weighted by molar-refractivity contribution is 5.80. The van der Waals surface area contributed by atoms with E-state index in [9.17, 15) is 9.90 Å². The summed E-state index contributed by atoms with van der Waals surface area (Å²) in [4.78, 5) is 23.8. The van der Waals surface area contributed by atoms with Crippen molar-refractivity contribution >= 4 is 11.9 Å². The van der Waals surface area contributed by atoms with Crippen LogP contribution in [0, 0.1) is 0 Å². The number of piperidine rings is 1. The first-order chi connectivity index (χ1) is 13.1. The fourth-order valence-corrected chi connectivity index (χ4v) is 4.39. The van der Waals surface area contributed by atoms with E-state index in [4.69, 9.17) is 4.99 Å². The van der Waals surface area contributed by atoms with Gasteiger partial charge in [0.2, 0.25) is 5.91 Å². The molecule has 0 atom stereocenters. The van der Waals surface area contributed by atoms with Crippen LogP contribution in [-0.2, 0) is 4.79 Å². The second-order valence-electron chi connectivity index (χ2n) is 8.31. The highest BCUT2D eigenvalue weighted by atomic mass is 16.3. The smallest absolute Gasteiger partial charge is 0.236 e. The van der Waals surface area contributed by atoms with Crippen molar-refractivity contribution in [3.63, 3.8) is 0 Å². The zero-order valence-corrected chi connectivity index (χ0v) is 17.0. The van der Waals surface area contributed by atoms with Crippen molar-refractivity contribution in [2.24, 2.45) is 4.99 Å². The lowest BCUT2D eigenvalue weighted by Gasteiger charge is -2.37. The number of carbonyl (C=O) groups excluding carboxylic acids is 1. The molecule has 154 valence electrons. The molecule has 1 saturated carbocycles. The zero-order chi connectivity index (χ0) is 19.1. The average Bonchev–Trinajstić information content (AvgIpc) is 3.13. The number of likely N-dealkylation sites (tertiary alicyclic amines) is 1. The third-order valence-corrected chi connectivity index (χ3v) is 6.13. The molecule has 2 saturated heterocycles. The lowest BCUT2D eigenvalue weighted by molar-refractivity contribution is -0.133. The standard InChI is InChI=1S/C20H37N5O2/c1-2-21-19(22-17-20(27)8-4-5-9-20)25-14-12-23(13-15-25)16-18(26)24-10-6-3-7-11-24/h27H,2-17H2,1H3,(H,21,22). The van der Waals surface area contributed by atoms with Gasteiger partial charge in [0, 0.05) is 45.8 Å². The number of aliphatic hydroxyl groups is 1. The van der Waals surface area contributed by atoms with Crippen LogP contribution < -0.4 is 5.32 Å². The van der Waals surface area contributed by atoms with Crippen molar-refractivity contribution in [3.05, 3.63) is 0 Å². The Bertz CT molecular complexity index is 505. The number of rotatable bonds is 5. The molecule has 0 radical (unpaired) electrons. The number of guanidine groups is 1. The Morgan fingerprint density at radius 2 is 1.63 bits per heavy atom. The van der Waals surface area contributed by atoms with Crippen LogP contribution in [0.4, 0.5) is 0 Å².